The van der Waals surface area contributed by atoms with E-state index in [0.717, 1.165) is 74.5 Å². The second kappa shape index (κ2) is 14.0. The second-order valence-electron chi connectivity index (χ2n) is 15.8. The summed E-state index contributed by atoms with van der Waals surface area (Å²) in [4.78, 5) is 18.1. The van der Waals surface area contributed by atoms with Gasteiger partial charge in [0.2, 0.25) is 10.0 Å². The smallest absolute Gasteiger partial charge is 0.264 e. The maximum absolute atomic E-state index is 13.5. The van der Waals surface area contributed by atoms with Gasteiger partial charge in [0.1, 0.15) is 5.75 Å². The molecule has 6 atom stereocenters. The highest BCUT2D eigenvalue weighted by Gasteiger charge is 2.47. The molecule has 2 bridgehead atoms. The van der Waals surface area contributed by atoms with Gasteiger partial charge in [-0.15, -0.1) is 0 Å². The van der Waals surface area contributed by atoms with Crippen molar-refractivity contribution in [2.24, 2.45) is 29.6 Å². The summed E-state index contributed by atoms with van der Waals surface area (Å²) < 4.78 is 48.6. The second-order valence-corrected chi connectivity index (χ2v) is 18.1. The van der Waals surface area contributed by atoms with Gasteiger partial charge in [-0.2, -0.15) is 0 Å². The lowest BCUT2D eigenvalue weighted by Gasteiger charge is -2.49. The molecule has 1 saturated heterocycles. The molecular formula is C38H52ClN3O6S. The van der Waals surface area contributed by atoms with E-state index >= 15 is 0 Å². The van der Waals surface area contributed by atoms with Gasteiger partial charge in [0.25, 0.3) is 5.91 Å². The number of fused-ring (bicyclic) bond motifs is 4. The van der Waals surface area contributed by atoms with Crippen LogP contribution in [0.1, 0.15) is 73.9 Å². The van der Waals surface area contributed by atoms with Crippen molar-refractivity contribution in [3.63, 3.8) is 0 Å². The predicted octanol–water partition coefficient (Wildman–Crippen LogP) is 5.88. The maximum Gasteiger partial charge on any atom is 0.264 e. The minimum Gasteiger partial charge on any atom is -0.490 e. The fraction of sp³-hybridized carbons (Fsp3) is 0.658. The standard InChI is InChI=1S/C38H52ClN3O6S/c1-24-7-11-32(37-46-19-30(20-47-37)41(3)4)31-12-8-28(31)18-42-22-38(15-5-6-26-16-29(39)10-13-33(26)38)23-48-35-14-9-27(17-34(35)42)36(43)40-49(44,45)21-25(24)2/h9-10,13-14,16-17,24-25,28,30-32,37H,5-8,11-12,15,18-23H2,1-4H3,(H,40,43)/t24-,25+,28+,30-,31-,32-,37+,38+/m1/s1. The number of rotatable bonds is 2. The number of sulfonamides is 1. The number of amides is 1. The molecule has 1 saturated carbocycles. The lowest BCUT2D eigenvalue weighted by Crippen LogP contribution is -2.52. The lowest BCUT2D eigenvalue weighted by atomic mass is 9.64. The van der Waals surface area contributed by atoms with E-state index in [9.17, 15) is 13.2 Å². The minimum atomic E-state index is -3.86. The first-order valence-electron chi connectivity index (χ1n) is 18.2. The molecule has 49 heavy (non-hydrogen) atoms. The Morgan fingerprint density at radius 3 is 2.49 bits per heavy atom. The molecule has 1 spiro atoms. The van der Waals surface area contributed by atoms with E-state index in [1.165, 1.54) is 11.1 Å². The predicted molar refractivity (Wildman–Crippen MR) is 192 cm³/mol. The van der Waals surface area contributed by atoms with Crippen LogP contribution in [0.25, 0.3) is 0 Å². The van der Waals surface area contributed by atoms with Gasteiger partial charge in [0.15, 0.2) is 6.29 Å². The molecule has 1 N–H and O–H groups in total. The Kier molecular flexibility index (Phi) is 10.0. The van der Waals surface area contributed by atoms with Gasteiger partial charge in [-0.25, -0.2) is 13.1 Å². The number of halogens is 1. The van der Waals surface area contributed by atoms with Gasteiger partial charge in [-0.1, -0.05) is 31.5 Å². The Morgan fingerprint density at radius 2 is 1.76 bits per heavy atom. The molecule has 0 unspecified atom stereocenters. The molecule has 11 heteroatoms. The van der Waals surface area contributed by atoms with Gasteiger partial charge in [-0.05, 0) is 124 Å². The van der Waals surface area contributed by atoms with Crippen LogP contribution in [-0.2, 0) is 31.3 Å². The number of aryl methyl sites for hydroxylation is 1. The van der Waals surface area contributed by atoms with Crippen molar-refractivity contribution in [1.29, 1.82) is 0 Å². The molecule has 0 aromatic heterocycles. The van der Waals surface area contributed by atoms with Crippen molar-refractivity contribution in [3.8, 4) is 5.75 Å². The van der Waals surface area contributed by atoms with Gasteiger partial charge in [0, 0.05) is 35.0 Å². The van der Waals surface area contributed by atoms with Crippen LogP contribution < -0.4 is 14.4 Å². The van der Waals surface area contributed by atoms with Crippen molar-refractivity contribution in [2.45, 2.75) is 76.5 Å². The Labute approximate surface area is 297 Å². The third-order valence-corrected chi connectivity index (χ3v) is 14.1. The minimum absolute atomic E-state index is 0.107. The summed E-state index contributed by atoms with van der Waals surface area (Å²) in [7, 11) is 0.266. The Bertz CT molecular complexity index is 1650. The molecule has 268 valence electrons. The highest BCUT2D eigenvalue weighted by Crippen LogP contribution is 2.49. The summed E-state index contributed by atoms with van der Waals surface area (Å²) in [6.45, 7) is 7.45. The van der Waals surface area contributed by atoms with E-state index in [0.29, 0.717) is 37.2 Å². The first-order chi connectivity index (χ1) is 23.4. The van der Waals surface area contributed by atoms with E-state index in [4.69, 9.17) is 25.8 Å². The van der Waals surface area contributed by atoms with E-state index < -0.39 is 15.9 Å². The molecule has 9 nitrogen and oxygen atoms in total. The first kappa shape index (κ1) is 35.1. The summed E-state index contributed by atoms with van der Waals surface area (Å²) in [5.41, 5.74) is 3.49. The third kappa shape index (κ3) is 7.23. The molecule has 2 aliphatic carbocycles. The van der Waals surface area contributed by atoms with Crippen LogP contribution in [0, 0.1) is 29.6 Å². The Balaban J connectivity index is 1.26. The summed E-state index contributed by atoms with van der Waals surface area (Å²) in [6.07, 6.45) is 6.73. The van der Waals surface area contributed by atoms with Crippen molar-refractivity contribution < 1.29 is 27.4 Å². The van der Waals surface area contributed by atoms with Crippen LogP contribution in [0.3, 0.4) is 0 Å². The van der Waals surface area contributed by atoms with E-state index in [1.54, 1.807) is 6.07 Å². The molecule has 1 amide bonds. The summed E-state index contributed by atoms with van der Waals surface area (Å²) in [5.74, 6) is 1.07. The van der Waals surface area contributed by atoms with E-state index in [1.807, 2.05) is 25.1 Å². The van der Waals surface area contributed by atoms with Crippen LogP contribution in [0.4, 0.5) is 5.69 Å². The van der Waals surface area contributed by atoms with Crippen LogP contribution in [0.15, 0.2) is 36.4 Å². The molecule has 2 fully saturated rings. The zero-order valence-electron chi connectivity index (χ0n) is 29.3. The number of anilines is 1. The number of ether oxygens (including phenoxy) is 3. The normalized spacial score (nSPS) is 34.9. The quantitative estimate of drug-likeness (QED) is 0.412. The average Bonchev–Trinajstić information content (AvgIpc) is 3.20. The molecule has 2 aromatic carbocycles. The highest BCUT2D eigenvalue weighted by molar-refractivity contribution is 7.90. The van der Waals surface area contributed by atoms with Crippen molar-refractivity contribution >= 4 is 33.2 Å². The van der Waals surface area contributed by atoms with Crippen molar-refractivity contribution in [1.82, 2.24) is 9.62 Å². The van der Waals surface area contributed by atoms with Gasteiger partial charge >= 0.3 is 0 Å². The SMILES string of the molecule is C[C@@H]1CC[C@@H]([C@H]2OC[C@@H](N(C)C)CO2)[C@@H]2CC[C@H]2CN2C[C@@]3(CCCc4cc(Cl)ccc43)COc3ccc(cc32)C(=O)NS(=O)(=O)C[C@@H]1C. The number of likely N-dealkylation sites (N-methyl/N-ethyl adjacent to an activating group) is 1. The van der Waals surface area contributed by atoms with Crippen LogP contribution in [0.2, 0.25) is 5.02 Å². The molecule has 3 heterocycles. The van der Waals surface area contributed by atoms with Gasteiger partial charge in [-0.3, -0.25) is 4.79 Å². The lowest BCUT2D eigenvalue weighted by molar-refractivity contribution is -0.241. The van der Waals surface area contributed by atoms with Crippen LogP contribution in [0.5, 0.6) is 5.75 Å². The number of hydrogen-bond acceptors (Lipinski definition) is 8. The van der Waals surface area contributed by atoms with Crippen molar-refractivity contribution in [2.75, 3.05) is 57.7 Å². The van der Waals surface area contributed by atoms with E-state index in [-0.39, 0.29) is 41.3 Å². The Morgan fingerprint density at radius 1 is 0.980 bits per heavy atom. The largest absolute Gasteiger partial charge is 0.490 e. The van der Waals surface area contributed by atoms with Crippen molar-refractivity contribution in [3.05, 3.63) is 58.1 Å². The average molecular weight is 714 g/mol. The molecule has 5 aliphatic rings. The number of nitrogens with one attached hydrogen (secondary N) is 1. The van der Waals surface area contributed by atoms with Crippen LogP contribution >= 0.6 is 11.6 Å². The zero-order valence-corrected chi connectivity index (χ0v) is 30.9. The van der Waals surface area contributed by atoms with Crippen LogP contribution in [-0.4, -0.2) is 84.3 Å². The molecule has 7 rings (SSSR count). The molecule has 2 aromatic rings. The van der Waals surface area contributed by atoms with Gasteiger partial charge < -0.3 is 24.0 Å². The summed E-state index contributed by atoms with van der Waals surface area (Å²) in [5, 5.41) is 0.750. The number of carbonyl (C=O) groups is 1. The van der Waals surface area contributed by atoms with Gasteiger partial charge in [0.05, 0.1) is 37.3 Å². The summed E-state index contributed by atoms with van der Waals surface area (Å²) in [6, 6.07) is 11.9. The Hall–Kier alpha value is -2.37. The van der Waals surface area contributed by atoms with E-state index in [2.05, 4.69) is 47.7 Å². The maximum atomic E-state index is 13.5. The number of benzene rings is 2. The summed E-state index contributed by atoms with van der Waals surface area (Å²) >= 11 is 6.47. The third-order valence-electron chi connectivity index (χ3n) is 12.4. The zero-order chi connectivity index (χ0) is 34.5. The molecule has 0 radical (unpaired) electrons. The monoisotopic (exact) mass is 713 g/mol. The highest BCUT2D eigenvalue weighted by atomic mass is 35.5. The fourth-order valence-electron chi connectivity index (χ4n) is 9.02. The molecular weight excluding hydrogens is 662 g/mol. The number of nitrogens with zero attached hydrogens (tertiary/aromatic N) is 2. The fourth-order valence-corrected chi connectivity index (χ4v) is 10.7. The number of carbonyl (C=O) groups excluding carboxylic acids is 1. The topological polar surface area (TPSA) is 97.4 Å². The molecule has 3 aliphatic heterocycles. The first-order valence-corrected chi connectivity index (χ1v) is 20.2. The number of hydrogen-bond donors (Lipinski definition) is 1.